The van der Waals surface area contributed by atoms with E-state index in [2.05, 4.69) is 4.98 Å². The predicted molar refractivity (Wildman–Crippen MR) is 65.8 cm³/mol. The van der Waals surface area contributed by atoms with Crippen molar-refractivity contribution >= 4 is 0 Å². The summed E-state index contributed by atoms with van der Waals surface area (Å²) < 4.78 is 38.4. The molecule has 0 amide bonds. The molecule has 1 atom stereocenters. The van der Waals surface area contributed by atoms with Crippen LogP contribution in [-0.4, -0.2) is 52.0 Å². The largest absolute Gasteiger partial charge is 0.415 e. The van der Waals surface area contributed by atoms with Gasteiger partial charge in [0.25, 0.3) is 0 Å². The Bertz CT molecular complexity index is 379. The molecule has 0 aliphatic carbocycles. The smallest absolute Gasteiger partial charge is 0.382 e. The third-order valence-corrected chi connectivity index (χ3v) is 2.97. The van der Waals surface area contributed by atoms with Crippen molar-refractivity contribution in [3.05, 3.63) is 18.2 Å². The topological polar surface area (TPSA) is 41.3 Å². The summed E-state index contributed by atoms with van der Waals surface area (Å²) in [6.45, 7) is 2.86. The van der Waals surface area contributed by atoms with Gasteiger partial charge in [-0.15, -0.1) is 0 Å². The van der Waals surface area contributed by atoms with Crippen LogP contribution in [0.25, 0.3) is 0 Å². The summed E-state index contributed by atoms with van der Waals surface area (Å²) in [5.74, 6) is 0.931. The SMILES string of the molecule is Cc1nccn1CCCCN(C)CC(O)C(F)(F)F. The van der Waals surface area contributed by atoms with Crippen LogP contribution in [-0.2, 0) is 6.54 Å². The normalized spacial score (nSPS) is 14.1. The van der Waals surface area contributed by atoms with Gasteiger partial charge in [0.05, 0.1) is 0 Å². The molecule has 0 radical (unpaired) electrons. The van der Waals surface area contributed by atoms with Crippen LogP contribution in [0.15, 0.2) is 12.4 Å². The van der Waals surface area contributed by atoms with E-state index in [-0.39, 0.29) is 6.54 Å². The van der Waals surface area contributed by atoms with Crippen molar-refractivity contribution in [2.75, 3.05) is 20.1 Å². The van der Waals surface area contributed by atoms with Crippen LogP contribution >= 0.6 is 0 Å². The van der Waals surface area contributed by atoms with E-state index in [9.17, 15) is 13.2 Å². The van der Waals surface area contributed by atoms with E-state index in [1.807, 2.05) is 17.7 Å². The van der Waals surface area contributed by atoms with Crippen LogP contribution in [0.3, 0.4) is 0 Å². The number of rotatable bonds is 7. The molecule has 1 N–H and O–H groups in total. The van der Waals surface area contributed by atoms with Gasteiger partial charge < -0.3 is 14.6 Å². The van der Waals surface area contributed by atoms with Gasteiger partial charge in [0.15, 0.2) is 6.10 Å². The Hall–Kier alpha value is -1.08. The number of halogens is 3. The average molecular weight is 279 g/mol. The number of hydrogen-bond donors (Lipinski definition) is 1. The standard InChI is InChI=1S/C12H20F3N3O/c1-10-16-5-8-18(10)7-4-3-6-17(2)9-11(19)12(13,14)15/h5,8,11,19H,3-4,6-7,9H2,1-2H3. The van der Waals surface area contributed by atoms with Crippen LogP contribution in [0.2, 0.25) is 0 Å². The summed E-state index contributed by atoms with van der Waals surface area (Å²) in [5.41, 5.74) is 0. The Morgan fingerprint density at radius 2 is 2.11 bits per heavy atom. The first kappa shape index (κ1) is 16.0. The Morgan fingerprint density at radius 3 is 2.63 bits per heavy atom. The van der Waals surface area contributed by atoms with Gasteiger partial charge in [0.1, 0.15) is 5.82 Å². The zero-order chi connectivity index (χ0) is 14.5. The number of aryl methyl sites for hydroxylation is 2. The Kier molecular flexibility index (Phi) is 5.81. The molecular formula is C12H20F3N3O. The monoisotopic (exact) mass is 279 g/mol. The van der Waals surface area contributed by atoms with Gasteiger partial charge >= 0.3 is 6.18 Å². The number of unbranched alkanes of at least 4 members (excludes halogenated alkanes) is 1. The second kappa shape index (κ2) is 6.91. The van der Waals surface area contributed by atoms with Crippen molar-refractivity contribution < 1.29 is 18.3 Å². The van der Waals surface area contributed by atoms with E-state index in [0.717, 1.165) is 25.2 Å². The molecule has 110 valence electrons. The number of likely N-dealkylation sites (N-methyl/N-ethyl adjacent to an activating group) is 1. The lowest BCUT2D eigenvalue weighted by Gasteiger charge is -2.22. The second-order valence-corrected chi connectivity index (χ2v) is 4.69. The van der Waals surface area contributed by atoms with E-state index < -0.39 is 12.3 Å². The predicted octanol–water partition coefficient (Wildman–Crippen LogP) is 1.83. The maximum Gasteiger partial charge on any atom is 0.415 e. The fourth-order valence-corrected chi connectivity index (χ4v) is 1.79. The summed E-state index contributed by atoms with van der Waals surface area (Å²) in [6.07, 6.45) is -1.56. The van der Waals surface area contributed by atoms with Crippen molar-refractivity contribution in [1.82, 2.24) is 14.5 Å². The zero-order valence-electron chi connectivity index (χ0n) is 11.2. The van der Waals surface area contributed by atoms with Crippen LogP contribution in [0, 0.1) is 6.92 Å². The first-order chi connectivity index (χ1) is 8.80. The molecule has 0 fully saturated rings. The number of nitrogens with zero attached hydrogens (tertiary/aromatic N) is 3. The minimum atomic E-state index is -4.54. The summed E-state index contributed by atoms with van der Waals surface area (Å²) >= 11 is 0. The third-order valence-electron chi connectivity index (χ3n) is 2.97. The molecule has 0 spiro atoms. The van der Waals surface area contributed by atoms with Crippen molar-refractivity contribution in [1.29, 1.82) is 0 Å². The highest BCUT2D eigenvalue weighted by molar-refractivity contribution is 4.88. The number of aliphatic hydroxyl groups is 1. The van der Waals surface area contributed by atoms with Crippen molar-refractivity contribution in [2.24, 2.45) is 0 Å². The van der Waals surface area contributed by atoms with Crippen LogP contribution in [0.4, 0.5) is 13.2 Å². The van der Waals surface area contributed by atoms with Crippen molar-refractivity contribution in [3.63, 3.8) is 0 Å². The molecule has 0 bridgehead atoms. The van der Waals surface area contributed by atoms with E-state index in [4.69, 9.17) is 5.11 Å². The molecule has 1 aromatic rings. The highest BCUT2D eigenvalue weighted by Gasteiger charge is 2.38. The van der Waals surface area contributed by atoms with Crippen molar-refractivity contribution in [3.8, 4) is 0 Å². The Morgan fingerprint density at radius 1 is 1.42 bits per heavy atom. The van der Waals surface area contributed by atoms with Gasteiger partial charge in [-0.1, -0.05) is 0 Å². The first-order valence-electron chi connectivity index (χ1n) is 6.21. The number of imidazole rings is 1. The molecule has 1 heterocycles. The summed E-state index contributed by atoms with van der Waals surface area (Å²) in [7, 11) is 1.58. The van der Waals surface area contributed by atoms with Gasteiger partial charge in [0, 0.05) is 25.5 Å². The van der Waals surface area contributed by atoms with E-state index >= 15 is 0 Å². The molecule has 0 saturated carbocycles. The minimum Gasteiger partial charge on any atom is -0.382 e. The third kappa shape index (κ3) is 5.61. The lowest BCUT2D eigenvalue weighted by molar-refractivity contribution is -0.207. The number of aliphatic hydroxyl groups excluding tert-OH is 1. The highest BCUT2D eigenvalue weighted by Crippen LogP contribution is 2.20. The molecule has 19 heavy (non-hydrogen) atoms. The van der Waals surface area contributed by atoms with Gasteiger partial charge in [-0.3, -0.25) is 0 Å². The van der Waals surface area contributed by atoms with Gasteiger partial charge in [-0.2, -0.15) is 13.2 Å². The number of hydrogen-bond acceptors (Lipinski definition) is 3. The number of alkyl halides is 3. The van der Waals surface area contributed by atoms with Crippen LogP contribution < -0.4 is 0 Å². The molecule has 4 nitrogen and oxygen atoms in total. The van der Waals surface area contributed by atoms with E-state index in [1.54, 1.807) is 13.2 Å². The molecule has 1 rings (SSSR count). The van der Waals surface area contributed by atoms with Crippen LogP contribution in [0.1, 0.15) is 18.7 Å². The van der Waals surface area contributed by atoms with E-state index in [0.29, 0.717) is 6.54 Å². The molecule has 0 aromatic carbocycles. The fourth-order valence-electron chi connectivity index (χ4n) is 1.79. The van der Waals surface area contributed by atoms with Gasteiger partial charge in [-0.05, 0) is 33.4 Å². The first-order valence-corrected chi connectivity index (χ1v) is 6.21. The minimum absolute atomic E-state index is 0.381. The maximum absolute atomic E-state index is 12.1. The second-order valence-electron chi connectivity index (χ2n) is 4.69. The Labute approximate surface area is 110 Å². The van der Waals surface area contributed by atoms with Gasteiger partial charge in [-0.25, -0.2) is 4.98 Å². The average Bonchev–Trinajstić information content (AvgIpc) is 2.69. The summed E-state index contributed by atoms with van der Waals surface area (Å²) in [6, 6.07) is 0. The molecule has 1 unspecified atom stereocenters. The van der Waals surface area contributed by atoms with Crippen molar-refractivity contribution in [2.45, 2.75) is 38.6 Å². The summed E-state index contributed by atoms with van der Waals surface area (Å²) in [4.78, 5) is 5.59. The molecule has 1 aromatic heterocycles. The molecular weight excluding hydrogens is 259 g/mol. The van der Waals surface area contributed by atoms with Gasteiger partial charge in [0.2, 0.25) is 0 Å². The van der Waals surface area contributed by atoms with Crippen LogP contribution in [0.5, 0.6) is 0 Å². The lowest BCUT2D eigenvalue weighted by atomic mass is 10.2. The molecule has 0 saturated heterocycles. The molecule has 0 aliphatic heterocycles. The number of aromatic nitrogens is 2. The quantitative estimate of drug-likeness (QED) is 0.774. The highest BCUT2D eigenvalue weighted by atomic mass is 19.4. The maximum atomic E-state index is 12.1. The van der Waals surface area contributed by atoms with E-state index in [1.165, 1.54) is 4.90 Å². The lowest BCUT2D eigenvalue weighted by Crippen LogP contribution is -2.39. The fraction of sp³-hybridized carbons (Fsp3) is 0.750. The molecule has 7 heteroatoms. The molecule has 0 aliphatic rings. The Balaban J connectivity index is 2.17. The summed E-state index contributed by atoms with van der Waals surface area (Å²) in [5, 5.41) is 8.92. The zero-order valence-corrected chi connectivity index (χ0v) is 11.2.